The molecule has 2 amide bonds. The summed E-state index contributed by atoms with van der Waals surface area (Å²) in [6, 6.07) is 2.71. The molecular weight excluding hydrogens is 516 g/mol. The number of likely N-dealkylation sites (tertiary alicyclic amines) is 1. The number of hydrogen-bond acceptors (Lipinski definition) is 3. The molecule has 0 spiro atoms. The highest BCUT2D eigenvalue weighted by molar-refractivity contribution is 9.09. The number of benzene rings is 1. The second-order valence-corrected chi connectivity index (χ2v) is 10.5. The standard InChI is InChI=1S/C27H36BrF2N3O2/c1-4-5-6-7-8-9-14-33-24(28)13-12-23-26(33)17(2)21(27(35)32-23)16-25(34)31-18(3)20-11-10-19(29)15-22(20)30/h4-5,10-11,15,18,23-24,26H,6-9,12-14,16H2,1-3H3,(H,31,34)(H,32,35)/b5-4-/t18-,23?,24?,26?/m0/s1. The molecule has 4 atom stereocenters. The fourth-order valence-electron chi connectivity index (χ4n) is 5.14. The predicted molar refractivity (Wildman–Crippen MR) is 138 cm³/mol. The fourth-order valence-corrected chi connectivity index (χ4v) is 5.87. The number of amides is 2. The summed E-state index contributed by atoms with van der Waals surface area (Å²) in [4.78, 5) is 28.4. The number of fused-ring (bicyclic) bond motifs is 1. The van der Waals surface area contributed by atoms with Crippen molar-refractivity contribution in [1.82, 2.24) is 15.5 Å². The Hall–Kier alpha value is -2.06. The Bertz CT molecular complexity index is 981. The van der Waals surface area contributed by atoms with Crippen LogP contribution in [0, 0.1) is 11.6 Å². The van der Waals surface area contributed by atoms with Crippen LogP contribution in [0.1, 0.15) is 77.3 Å². The summed E-state index contributed by atoms with van der Waals surface area (Å²) in [5, 5.41) is 5.87. The number of nitrogens with zero attached hydrogens (tertiary/aromatic N) is 1. The van der Waals surface area contributed by atoms with Gasteiger partial charge in [0.2, 0.25) is 11.8 Å². The number of hydrogen-bond donors (Lipinski definition) is 2. The Kier molecular flexibility index (Phi) is 10.0. The molecule has 1 fully saturated rings. The van der Waals surface area contributed by atoms with Gasteiger partial charge in [0.1, 0.15) is 11.6 Å². The average molecular weight is 553 g/mol. The Morgan fingerprint density at radius 3 is 2.77 bits per heavy atom. The van der Waals surface area contributed by atoms with E-state index in [0.717, 1.165) is 62.8 Å². The van der Waals surface area contributed by atoms with Gasteiger partial charge in [-0.05, 0) is 71.1 Å². The van der Waals surface area contributed by atoms with Crippen LogP contribution in [-0.4, -0.2) is 40.3 Å². The number of halogens is 3. The van der Waals surface area contributed by atoms with Crippen molar-refractivity contribution >= 4 is 27.7 Å². The molecular formula is C27H36BrF2N3O2. The fraction of sp³-hybridized carbons (Fsp3) is 0.556. The van der Waals surface area contributed by atoms with E-state index in [1.807, 2.05) is 13.8 Å². The van der Waals surface area contributed by atoms with Crippen molar-refractivity contribution in [2.24, 2.45) is 0 Å². The zero-order chi connectivity index (χ0) is 25.5. The summed E-state index contributed by atoms with van der Waals surface area (Å²) in [6.45, 7) is 6.54. The number of carbonyl (C=O) groups is 2. The molecule has 2 N–H and O–H groups in total. The summed E-state index contributed by atoms with van der Waals surface area (Å²) in [5.74, 6) is -1.96. The van der Waals surface area contributed by atoms with E-state index < -0.39 is 17.7 Å². The molecule has 8 heteroatoms. The van der Waals surface area contributed by atoms with Gasteiger partial charge in [0, 0.05) is 23.2 Å². The second kappa shape index (κ2) is 12.8. The van der Waals surface area contributed by atoms with E-state index in [4.69, 9.17) is 0 Å². The van der Waals surface area contributed by atoms with Gasteiger partial charge in [-0.3, -0.25) is 14.5 Å². The van der Waals surface area contributed by atoms with Crippen LogP contribution in [0.15, 0.2) is 41.5 Å². The summed E-state index contributed by atoms with van der Waals surface area (Å²) < 4.78 is 27.3. The van der Waals surface area contributed by atoms with E-state index in [0.29, 0.717) is 5.57 Å². The van der Waals surface area contributed by atoms with Gasteiger partial charge in [-0.15, -0.1) is 0 Å². The van der Waals surface area contributed by atoms with Gasteiger partial charge in [-0.2, -0.15) is 0 Å². The zero-order valence-corrected chi connectivity index (χ0v) is 22.3. The van der Waals surface area contributed by atoms with Crippen molar-refractivity contribution in [2.45, 2.75) is 88.8 Å². The Labute approximate surface area is 215 Å². The lowest BCUT2D eigenvalue weighted by Crippen LogP contribution is -2.61. The first kappa shape index (κ1) is 27.5. The van der Waals surface area contributed by atoms with Crippen LogP contribution in [0.5, 0.6) is 0 Å². The second-order valence-electron chi connectivity index (χ2n) is 9.49. The van der Waals surface area contributed by atoms with Crippen molar-refractivity contribution in [3.63, 3.8) is 0 Å². The number of rotatable bonds is 10. The molecule has 3 rings (SSSR count). The Balaban J connectivity index is 1.69. The number of unbranched alkanes of at least 4 members (excludes halogenated alkanes) is 3. The predicted octanol–water partition coefficient (Wildman–Crippen LogP) is 5.67. The van der Waals surface area contributed by atoms with Crippen LogP contribution in [0.3, 0.4) is 0 Å². The van der Waals surface area contributed by atoms with Crippen LogP contribution >= 0.6 is 15.9 Å². The smallest absolute Gasteiger partial charge is 0.248 e. The van der Waals surface area contributed by atoms with Gasteiger partial charge in [0.15, 0.2) is 0 Å². The molecule has 1 aromatic carbocycles. The van der Waals surface area contributed by atoms with Crippen molar-refractivity contribution in [3.8, 4) is 0 Å². The Morgan fingerprint density at radius 2 is 2.06 bits per heavy atom. The SMILES string of the molecule is C/C=C\CCCCCN1C(Br)CCC2NC(=O)C(CC(=O)N[C@@H](C)c3ccc(F)cc3F)=C(C)C21. The number of nitrogens with one attached hydrogen (secondary N) is 2. The van der Waals surface area contributed by atoms with E-state index >= 15 is 0 Å². The van der Waals surface area contributed by atoms with Gasteiger partial charge in [-0.25, -0.2) is 8.78 Å². The lowest BCUT2D eigenvalue weighted by atomic mass is 9.83. The number of carbonyl (C=O) groups excluding carboxylic acids is 2. The largest absolute Gasteiger partial charge is 0.349 e. The Morgan fingerprint density at radius 1 is 1.29 bits per heavy atom. The minimum atomic E-state index is -0.710. The first-order valence-corrected chi connectivity index (χ1v) is 13.4. The maximum Gasteiger partial charge on any atom is 0.248 e. The third kappa shape index (κ3) is 7.00. The number of alkyl halides is 1. The molecule has 2 aliphatic heterocycles. The highest BCUT2D eigenvalue weighted by Crippen LogP contribution is 2.35. The highest BCUT2D eigenvalue weighted by atomic mass is 79.9. The van der Waals surface area contributed by atoms with E-state index in [1.165, 1.54) is 6.07 Å². The van der Waals surface area contributed by atoms with Crippen molar-refractivity contribution in [3.05, 3.63) is 58.7 Å². The third-order valence-corrected chi connectivity index (χ3v) is 7.97. The molecule has 1 saturated heterocycles. The molecule has 1 aromatic rings. The quantitative estimate of drug-likeness (QED) is 0.170. The normalized spacial score (nSPS) is 23.8. The van der Waals surface area contributed by atoms with Crippen molar-refractivity contribution in [2.75, 3.05) is 6.54 Å². The van der Waals surface area contributed by atoms with E-state index in [1.54, 1.807) is 6.92 Å². The van der Waals surface area contributed by atoms with Crippen LogP contribution in [0.2, 0.25) is 0 Å². The minimum absolute atomic E-state index is 0.0263. The minimum Gasteiger partial charge on any atom is -0.349 e. The first-order chi connectivity index (χ1) is 16.7. The lowest BCUT2D eigenvalue weighted by Gasteiger charge is -2.48. The molecule has 192 valence electrons. The lowest BCUT2D eigenvalue weighted by molar-refractivity contribution is -0.124. The van der Waals surface area contributed by atoms with Gasteiger partial charge < -0.3 is 10.6 Å². The number of allylic oxidation sites excluding steroid dienone is 2. The zero-order valence-electron chi connectivity index (χ0n) is 20.8. The molecule has 0 aliphatic carbocycles. The molecule has 35 heavy (non-hydrogen) atoms. The third-order valence-electron chi connectivity index (χ3n) is 6.99. The summed E-state index contributed by atoms with van der Waals surface area (Å²) in [7, 11) is 0. The van der Waals surface area contributed by atoms with Crippen LogP contribution in [0.25, 0.3) is 0 Å². The molecule has 0 radical (unpaired) electrons. The first-order valence-electron chi connectivity index (χ1n) is 12.5. The van der Waals surface area contributed by atoms with Gasteiger partial charge >= 0.3 is 0 Å². The van der Waals surface area contributed by atoms with Crippen LogP contribution in [0.4, 0.5) is 8.78 Å². The van der Waals surface area contributed by atoms with E-state index in [-0.39, 0.29) is 40.8 Å². The van der Waals surface area contributed by atoms with Gasteiger partial charge in [0.25, 0.3) is 0 Å². The molecule has 2 aliphatic rings. The monoisotopic (exact) mass is 551 g/mol. The van der Waals surface area contributed by atoms with E-state index in [9.17, 15) is 18.4 Å². The van der Waals surface area contributed by atoms with E-state index in [2.05, 4.69) is 43.6 Å². The van der Waals surface area contributed by atoms with Gasteiger partial charge in [-0.1, -0.05) is 40.6 Å². The average Bonchev–Trinajstić information content (AvgIpc) is 2.80. The summed E-state index contributed by atoms with van der Waals surface area (Å²) in [6.07, 6.45) is 10.5. The molecule has 0 saturated carbocycles. The molecule has 0 aromatic heterocycles. The summed E-state index contributed by atoms with van der Waals surface area (Å²) >= 11 is 3.83. The van der Waals surface area contributed by atoms with Crippen molar-refractivity contribution < 1.29 is 18.4 Å². The highest BCUT2D eigenvalue weighted by Gasteiger charge is 2.42. The molecule has 3 unspecified atom stereocenters. The van der Waals surface area contributed by atoms with Crippen LogP contribution in [-0.2, 0) is 9.59 Å². The van der Waals surface area contributed by atoms with Crippen LogP contribution < -0.4 is 10.6 Å². The maximum atomic E-state index is 14.1. The molecule has 0 bridgehead atoms. The molecule has 5 nitrogen and oxygen atoms in total. The molecule has 2 heterocycles. The van der Waals surface area contributed by atoms with Gasteiger partial charge in [0.05, 0.1) is 23.5 Å². The number of piperidine rings is 1. The maximum absolute atomic E-state index is 14.1. The van der Waals surface area contributed by atoms with Crippen molar-refractivity contribution in [1.29, 1.82) is 0 Å². The topological polar surface area (TPSA) is 61.4 Å². The summed E-state index contributed by atoms with van der Waals surface area (Å²) in [5.41, 5.74) is 1.59.